The molecule has 300 valence electrons. The maximum absolute atomic E-state index is 14.8. The van der Waals surface area contributed by atoms with Gasteiger partial charge in [0.2, 0.25) is 29.6 Å². The summed E-state index contributed by atoms with van der Waals surface area (Å²) < 4.78 is 16.7. The van der Waals surface area contributed by atoms with Gasteiger partial charge in [-0.05, 0) is 88.3 Å². The third-order valence-electron chi connectivity index (χ3n) is 10.9. The Balaban J connectivity index is 0.714. The molecule has 16 nitrogen and oxygen atoms in total. The van der Waals surface area contributed by atoms with Gasteiger partial charge in [0.25, 0.3) is 5.91 Å². The third-order valence-corrected chi connectivity index (χ3v) is 12.1. The lowest BCUT2D eigenvalue weighted by Crippen LogP contribution is -2.52. The zero-order valence-corrected chi connectivity index (χ0v) is 32.4. The average Bonchev–Trinajstić information content (AvgIpc) is 3.70. The van der Waals surface area contributed by atoms with Crippen molar-refractivity contribution in [2.24, 2.45) is 13.0 Å². The number of hydrogen-bond acceptors (Lipinski definition) is 12. The number of amides is 5. The molecule has 7 rings (SSSR count). The second-order valence-electron chi connectivity index (χ2n) is 15.2. The molecule has 5 amide bonds. The molecule has 0 aromatic carbocycles. The van der Waals surface area contributed by atoms with Crippen LogP contribution in [-0.2, 0) is 45.7 Å². The van der Waals surface area contributed by atoms with Crippen molar-refractivity contribution in [2.45, 2.75) is 102 Å². The quantitative estimate of drug-likeness (QED) is 0.0812. The lowest BCUT2D eigenvalue weighted by Gasteiger charge is -2.29. The average molecular weight is 792 g/mol. The van der Waals surface area contributed by atoms with Crippen LogP contribution in [0.15, 0.2) is 18.5 Å². The SMILES string of the molecule is Cn1ncc(-c2nc(N[C@H]3CC[C@H](NCC(=O)NCCCCNCC(=O)NCc4cc5c(s4)C(=O)N(C4CCC(=O)NC4=O)C5)CC3)ncc2F)c1CC1CC1. The second kappa shape index (κ2) is 18.0. The fraction of sp³-hybridized carbons (Fsp3) is 0.579. The van der Waals surface area contributed by atoms with Gasteiger partial charge < -0.3 is 31.5 Å². The number of piperidine rings is 1. The molecule has 2 saturated carbocycles. The number of aryl methyl sites for hydroxylation is 1. The number of nitrogens with zero attached hydrogens (tertiary/aromatic N) is 5. The highest BCUT2D eigenvalue weighted by Gasteiger charge is 2.40. The molecule has 3 aromatic heterocycles. The smallest absolute Gasteiger partial charge is 0.265 e. The van der Waals surface area contributed by atoms with Crippen molar-refractivity contribution in [2.75, 3.05) is 31.5 Å². The maximum atomic E-state index is 14.8. The molecule has 6 N–H and O–H groups in total. The molecule has 4 aliphatic rings. The molecule has 1 unspecified atom stereocenters. The van der Waals surface area contributed by atoms with Crippen LogP contribution in [0.1, 0.15) is 90.0 Å². The Hall–Kier alpha value is -4.81. The van der Waals surface area contributed by atoms with Gasteiger partial charge in [0.1, 0.15) is 11.7 Å². The van der Waals surface area contributed by atoms with Crippen molar-refractivity contribution < 1.29 is 28.4 Å². The van der Waals surface area contributed by atoms with Crippen LogP contribution < -0.4 is 31.9 Å². The molecule has 0 bridgehead atoms. The lowest BCUT2D eigenvalue weighted by atomic mass is 9.91. The second-order valence-corrected chi connectivity index (χ2v) is 16.4. The highest BCUT2D eigenvalue weighted by Crippen LogP contribution is 2.36. The van der Waals surface area contributed by atoms with Gasteiger partial charge >= 0.3 is 0 Å². The minimum Gasteiger partial charge on any atom is -0.355 e. The van der Waals surface area contributed by atoms with E-state index in [1.54, 1.807) is 6.20 Å². The molecule has 3 aromatic rings. The summed E-state index contributed by atoms with van der Waals surface area (Å²) in [6.07, 6.45) is 11.8. The van der Waals surface area contributed by atoms with Gasteiger partial charge in [-0.3, -0.25) is 34.0 Å². The Labute approximate surface area is 328 Å². The van der Waals surface area contributed by atoms with Gasteiger partial charge in [0.05, 0.1) is 36.9 Å². The summed E-state index contributed by atoms with van der Waals surface area (Å²) in [5.74, 6) is -0.575. The summed E-state index contributed by atoms with van der Waals surface area (Å²) >= 11 is 1.31. The normalized spacial score (nSPS) is 20.9. The van der Waals surface area contributed by atoms with Crippen molar-refractivity contribution in [1.29, 1.82) is 0 Å². The van der Waals surface area contributed by atoms with Gasteiger partial charge in [0, 0.05) is 54.8 Å². The number of thiophene rings is 1. The molecule has 5 heterocycles. The molecule has 0 radical (unpaired) electrons. The number of aromatic nitrogens is 4. The van der Waals surface area contributed by atoms with Crippen LogP contribution in [0.25, 0.3) is 11.3 Å². The van der Waals surface area contributed by atoms with E-state index < -0.39 is 17.8 Å². The highest BCUT2D eigenvalue weighted by atomic mass is 32.1. The molecule has 3 fully saturated rings. The van der Waals surface area contributed by atoms with Crippen LogP contribution in [0.2, 0.25) is 0 Å². The van der Waals surface area contributed by atoms with Crippen LogP contribution in [-0.4, -0.2) is 98.5 Å². The predicted octanol–water partition coefficient (Wildman–Crippen LogP) is 1.91. The zero-order chi connectivity index (χ0) is 39.2. The van der Waals surface area contributed by atoms with Crippen LogP contribution in [0, 0.1) is 11.7 Å². The third kappa shape index (κ3) is 9.94. The van der Waals surface area contributed by atoms with E-state index in [-0.39, 0.29) is 60.9 Å². The number of halogens is 1. The number of anilines is 1. The van der Waals surface area contributed by atoms with Gasteiger partial charge in [-0.2, -0.15) is 5.10 Å². The van der Waals surface area contributed by atoms with Crippen molar-refractivity contribution in [3.8, 4) is 11.3 Å². The fourth-order valence-corrected chi connectivity index (χ4v) is 8.66. The number of carbonyl (C=O) groups is 5. The number of rotatable bonds is 18. The number of fused-ring (bicyclic) bond motifs is 1. The Bertz CT molecular complexity index is 1940. The van der Waals surface area contributed by atoms with Crippen molar-refractivity contribution in [3.05, 3.63) is 45.3 Å². The Morgan fingerprint density at radius 3 is 2.50 bits per heavy atom. The molecule has 18 heteroatoms. The first-order valence-electron chi connectivity index (χ1n) is 19.6. The number of nitrogens with one attached hydrogen (secondary N) is 6. The summed E-state index contributed by atoms with van der Waals surface area (Å²) in [5, 5.41) is 22.4. The number of unbranched alkanes of at least 4 members (excludes halogenated alkanes) is 1. The minimum absolute atomic E-state index is 0.0498. The first-order valence-corrected chi connectivity index (χ1v) is 20.5. The number of imide groups is 1. The molecule has 2 aliphatic carbocycles. The monoisotopic (exact) mass is 791 g/mol. The molecular formula is C38H50FN11O5S. The Morgan fingerprint density at radius 1 is 0.964 bits per heavy atom. The van der Waals surface area contributed by atoms with Crippen molar-refractivity contribution >= 4 is 46.8 Å². The zero-order valence-electron chi connectivity index (χ0n) is 31.6. The largest absolute Gasteiger partial charge is 0.355 e. The van der Waals surface area contributed by atoms with E-state index in [0.717, 1.165) is 66.6 Å². The lowest BCUT2D eigenvalue weighted by molar-refractivity contribution is -0.137. The van der Waals surface area contributed by atoms with Gasteiger partial charge in [-0.15, -0.1) is 11.3 Å². The summed E-state index contributed by atoms with van der Waals surface area (Å²) in [4.78, 5) is 73.1. The number of hydrogen-bond donors (Lipinski definition) is 6. The van der Waals surface area contributed by atoms with Crippen molar-refractivity contribution in [1.82, 2.24) is 51.2 Å². The van der Waals surface area contributed by atoms with Crippen LogP contribution in [0.5, 0.6) is 0 Å². The first-order chi connectivity index (χ1) is 27.1. The molecule has 56 heavy (non-hydrogen) atoms. The van der Waals surface area contributed by atoms with E-state index in [1.807, 2.05) is 17.8 Å². The fourth-order valence-electron chi connectivity index (χ4n) is 7.59. The van der Waals surface area contributed by atoms with Gasteiger partial charge in [-0.1, -0.05) is 0 Å². The Morgan fingerprint density at radius 2 is 1.73 bits per heavy atom. The molecule has 1 atom stereocenters. The molecule has 1 saturated heterocycles. The van der Waals surface area contributed by atoms with E-state index in [1.165, 1.54) is 35.3 Å². The van der Waals surface area contributed by atoms with E-state index in [4.69, 9.17) is 0 Å². The predicted molar refractivity (Wildman–Crippen MR) is 206 cm³/mol. The summed E-state index contributed by atoms with van der Waals surface area (Å²) in [6, 6.07) is 1.65. The van der Waals surface area contributed by atoms with E-state index in [2.05, 4.69) is 47.0 Å². The highest BCUT2D eigenvalue weighted by molar-refractivity contribution is 7.14. The first kappa shape index (κ1) is 39.4. The maximum Gasteiger partial charge on any atom is 0.265 e. The van der Waals surface area contributed by atoms with E-state index in [0.29, 0.717) is 49.3 Å². The van der Waals surface area contributed by atoms with Crippen molar-refractivity contribution in [3.63, 3.8) is 0 Å². The van der Waals surface area contributed by atoms with Crippen LogP contribution >= 0.6 is 11.3 Å². The molecule has 0 spiro atoms. The standard InChI is InChI=1S/C38H50FN11O5S/c1-49-30(14-22-4-5-22)27(17-45-49)34-28(39)18-44-38(48-34)46-25-8-6-24(7-9-25)42-20-33(53)41-13-3-2-12-40-19-32(52)43-16-26-15-23-21-50(37(55)35(23)56-26)29-10-11-31(51)47-36(29)54/h15,17-18,22,24-25,29,40,42H,2-14,16,19-21H2,1H3,(H,41,53)(H,43,52)(H,44,46,48)(H,47,51,54)/t24-,25-,29?. The molecule has 2 aliphatic heterocycles. The summed E-state index contributed by atoms with van der Waals surface area (Å²) in [6.45, 7) is 2.21. The molecular weight excluding hydrogens is 742 g/mol. The van der Waals surface area contributed by atoms with E-state index >= 15 is 0 Å². The number of carbonyl (C=O) groups excluding carboxylic acids is 5. The van der Waals surface area contributed by atoms with Crippen LogP contribution in [0.4, 0.5) is 10.3 Å². The summed E-state index contributed by atoms with van der Waals surface area (Å²) in [7, 11) is 1.89. The topological polar surface area (TPSA) is 204 Å². The van der Waals surface area contributed by atoms with Crippen LogP contribution in [0.3, 0.4) is 0 Å². The minimum atomic E-state index is -0.639. The Kier molecular flexibility index (Phi) is 12.7. The van der Waals surface area contributed by atoms with Gasteiger partial charge in [0.15, 0.2) is 5.82 Å². The van der Waals surface area contributed by atoms with E-state index in [9.17, 15) is 28.4 Å². The summed E-state index contributed by atoms with van der Waals surface area (Å²) in [5.41, 5.74) is 2.85. The van der Waals surface area contributed by atoms with Gasteiger partial charge in [-0.25, -0.2) is 14.4 Å².